The SMILES string of the molecule is COc1cc(C(O)CCc2cccc(O)c2O)c(C)c(C)c1C. The topological polar surface area (TPSA) is 69.9 Å². The average Bonchev–Trinajstić information content (AvgIpc) is 2.54. The zero-order valence-corrected chi connectivity index (χ0v) is 14.1. The van der Waals surface area contributed by atoms with Crippen molar-refractivity contribution in [2.24, 2.45) is 0 Å². The highest BCUT2D eigenvalue weighted by molar-refractivity contribution is 5.49. The molecule has 0 radical (unpaired) electrons. The van der Waals surface area contributed by atoms with Crippen LogP contribution in [0.4, 0.5) is 0 Å². The molecule has 4 nitrogen and oxygen atoms in total. The van der Waals surface area contributed by atoms with Crippen LogP contribution in [-0.2, 0) is 6.42 Å². The first-order valence-corrected chi connectivity index (χ1v) is 7.69. The highest BCUT2D eigenvalue weighted by Crippen LogP contribution is 2.34. The van der Waals surface area contributed by atoms with E-state index >= 15 is 0 Å². The predicted molar refractivity (Wildman–Crippen MR) is 90.3 cm³/mol. The van der Waals surface area contributed by atoms with Gasteiger partial charge in [-0.1, -0.05) is 12.1 Å². The number of rotatable bonds is 5. The van der Waals surface area contributed by atoms with Gasteiger partial charge < -0.3 is 20.1 Å². The van der Waals surface area contributed by atoms with Gasteiger partial charge in [-0.2, -0.15) is 0 Å². The van der Waals surface area contributed by atoms with Gasteiger partial charge in [-0.15, -0.1) is 0 Å². The van der Waals surface area contributed by atoms with Crippen LogP contribution >= 0.6 is 0 Å². The number of para-hydroxylation sites is 1. The maximum absolute atomic E-state index is 10.6. The van der Waals surface area contributed by atoms with Crippen LogP contribution in [0, 0.1) is 20.8 Å². The highest BCUT2D eigenvalue weighted by Gasteiger charge is 2.17. The largest absolute Gasteiger partial charge is 0.504 e. The molecule has 0 aliphatic heterocycles. The van der Waals surface area contributed by atoms with E-state index in [1.807, 2.05) is 26.8 Å². The smallest absolute Gasteiger partial charge is 0.160 e. The fourth-order valence-electron chi connectivity index (χ4n) is 2.83. The van der Waals surface area contributed by atoms with Gasteiger partial charge in [0.2, 0.25) is 0 Å². The summed E-state index contributed by atoms with van der Waals surface area (Å²) in [7, 11) is 1.62. The number of ether oxygens (including phenoxy) is 1. The first-order chi connectivity index (χ1) is 10.9. The fourth-order valence-corrected chi connectivity index (χ4v) is 2.83. The van der Waals surface area contributed by atoms with Gasteiger partial charge in [0, 0.05) is 0 Å². The van der Waals surface area contributed by atoms with E-state index in [0.29, 0.717) is 18.4 Å². The van der Waals surface area contributed by atoms with E-state index in [4.69, 9.17) is 4.74 Å². The van der Waals surface area contributed by atoms with Crippen molar-refractivity contribution < 1.29 is 20.1 Å². The Kier molecular flexibility index (Phi) is 5.16. The third-order valence-electron chi connectivity index (χ3n) is 4.58. The standard InChI is InChI=1S/C19H24O4/c1-11-12(2)15(10-18(23-4)13(11)3)16(20)9-8-14-6-5-7-17(21)19(14)22/h5-7,10,16,20-22H,8-9H2,1-4H3. The number of phenolic OH excluding ortho intramolecular Hbond substituents is 2. The molecule has 1 unspecified atom stereocenters. The summed E-state index contributed by atoms with van der Waals surface area (Å²) in [6.07, 6.45) is 0.254. The molecule has 23 heavy (non-hydrogen) atoms. The molecule has 0 saturated heterocycles. The van der Waals surface area contributed by atoms with Crippen LogP contribution in [0.3, 0.4) is 0 Å². The van der Waals surface area contributed by atoms with Crippen molar-refractivity contribution in [3.05, 3.63) is 52.1 Å². The first kappa shape index (κ1) is 17.2. The van der Waals surface area contributed by atoms with E-state index in [9.17, 15) is 15.3 Å². The Morgan fingerprint density at radius 1 is 1.04 bits per heavy atom. The summed E-state index contributed by atoms with van der Waals surface area (Å²) in [4.78, 5) is 0. The van der Waals surface area contributed by atoms with Crippen LogP contribution in [0.1, 0.15) is 40.3 Å². The summed E-state index contributed by atoms with van der Waals surface area (Å²) >= 11 is 0. The molecule has 2 rings (SSSR count). The maximum Gasteiger partial charge on any atom is 0.160 e. The first-order valence-electron chi connectivity index (χ1n) is 7.69. The third-order valence-corrected chi connectivity index (χ3v) is 4.58. The van der Waals surface area contributed by atoms with Crippen molar-refractivity contribution in [1.29, 1.82) is 0 Å². The molecule has 0 bridgehead atoms. The van der Waals surface area contributed by atoms with Gasteiger partial charge in [-0.05, 0) is 73.6 Å². The quantitative estimate of drug-likeness (QED) is 0.736. The summed E-state index contributed by atoms with van der Waals surface area (Å²) in [6, 6.07) is 6.74. The molecular formula is C19H24O4. The molecule has 0 fully saturated rings. The van der Waals surface area contributed by atoms with Gasteiger partial charge in [0.15, 0.2) is 11.5 Å². The Balaban J connectivity index is 2.23. The Morgan fingerprint density at radius 2 is 1.74 bits per heavy atom. The highest BCUT2D eigenvalue weighted by atomic mass is 16.5. The van der Waals surface area contributed by atoms with Gasteiger partial charge in [0.1, 0.15) is 5.75 Å². The Labute approximate surface area is 137 Å². The van der Waals surface area contributed by atoms with Crippen LogP contribution in [0.5, 0.6) is 17.2 Å². The van der Waals surface area contributed by atoms with Crippen LogP contribution in [0.2, 0.25) is 0 Å². The minimum absolute atomic E-state index is 0.117. The van der Waals surface area contributed by atoms with E-state index in [-0.39, 0.29) is 11.5 Å². The van der Waals surface area contributed by atoms with Gasteiger partial charge in [0.05, 0.1) is 13.2 Å². The third kappa shape index (κ3) is 3.42. The second kappa shape index (κ2) is 6.92. The molecule has 2 aromatic carbocycles. The van der Waals surface area contributed by atoms with Crippen LogP contribution in [-0.4, -0.2) is 22.4 Å². The lowest BCUT2D eigenvalue weighted by molar-refractivity contribution is 0.166. The lowest BCUT2D eigenvalue weighted by Gasteiger charge is -2.19. The minimum atomic E-state index is -0.662. The number of aliphatic hydroxyl groups excluding tert-OH is 1. The van der Waals surface area contributed by atoms with Gasteiger partial charge >= 0.3 is 0 Å². The molecule has 0 spiro atoms. The molecule has 1 atom stereocenters. The van der Waals surface area contributed by atoms with Crippen molar-refractivity contribution in [3.8, 4) is 17.2 Å². The predicted octanol–water partition coefficient (Wildman–Crippen LogP) is 3.70. The van der Waals surface area contributed by atoms with E-state index < -0.39 is 6.10 Å². The van der Waals surface area contributed by atoms with Crippen molar-refractivity contribution in [3.63, 3.8) is 0 Å². The van der Waals surface area contributed by atoms with Crippen molar-refractivity contribution in [2.75, 3.05) is 7.11 Å². The Hall–Kier alpha value is -2.20. The molecule has 0 aromatic heterocycles. The second-order valence-corrected chi connectivity index (χ2v) is 5.88. The molecule has 2 aromatic rings. The molecule has 0 aliphatic rings. The maximum atomic E-state index is 10.6. The van der Waals surface area contributed by atoms with E-state index in [2.05, 4.69) is 0 Å². The number of aryl methyl sites for hydroxylation is 1. The number of aliphatic hydroxyl groups is 1. The van der Waals surface area contributed by atoms with Crippen molar-refractivity contribution in [2.45, 2.75) is 39.7 Å². The van der Waals surface area contributed by atoms with E-state index in [0.717, 1.165) is 28.0 Å². The molecular weight excluding hydrogens is 292 g/mol. The zero-order chi connectivity index (χ0) is 17.1. The molecule has 3 N–H and O–H groups in total. The van der Waals surface area contributed by atoms with Crippen molar-refractivity contribution in [1.82, 2.24) is 0 Å². The van der Waals surface area contributed by atoms with Crippen LogP contribution in [0.15, 0.2) is 24.3 Å². The molecule has 0 saturated carbocycles. The van der Waals surface area contributed by atoms with Crippen LogP contribution < -0.4 is 4.74 Å². The van der Waals surface area contributed by atoms with E-state index in [1.165, 1.54) is 6.07 Å². The number of hydrogen-bond acceptors (Lipinski definition) is 4. The number of hydrogen-bond donors (Lipinski definition) is 3. The van der Waals surface area contributed by atoms with Gasteiger partial charge in [0.25, 0.3) is 0 Å². The number of aromatic hydroxyl groups is 2. The Morgan fingerprint density at radius 3 is 2.39 bits per heavy atom. The minimum Gasteiger partial charge on any atom is -0.504 e. The summed E-state index contributed by atoms with van der Waals surface area (Å²) in [5.41, 5.74) is 4.70. The number of methoxy groups -OCH3 is 1. The zero-order valence-electron chi connectivity index (χ0n) is 14.1. The Bertz CT molecular complexity index is 707. The summed E-state index contributed by atoms with van der Waals surface area (Å²) in [6.45, 7) is 6.01. The average molecular weight is 316 g/mol. The number of phenols is 2. The molecule has 4 heteroatoms. The van der Waals surface area contributed by atoms with Crippen molar-refractivity contribution >= 4 is 0 Å². The van der Waals surface area contributed by atoms with E-state index in [1.54, 1.807) is 19.2 Å². The molecule has 0 heterocycles. The summed E-state index contributed by atoms with van der Waals surface area (Å²) < 4.78 is 5.39. The lowest BCUT2D eigenvalue weighted by atomic mass is 9.92. The number of benzene rings is 2. The van der Waals surface area contributed by atoms with Gasteiger partial charge in [-0.3, -0.25) is 0 Å². The van der Waals surface area contributed by atoms with Gasteiger partial charge in [-0.25, -0.2) is 0 Å². The summed E-state index contributed by atoms with van der Waals surface area (Å²) in [5.74, 6) is 0.512. The normalized spacial score (nSPS) is 12.2. The fraction of sp³-hybridized carbons (Fsp3) is 0.368. The monoisotopic (exact) mass is 316 g/mol. The lowest BCUT2D eigenvalue weighted by Crippen LogP contribution is -2.06. The molecule has 0 amide bonds. The van der Waals surface area contributed by atoms with Crippen LogP contribution in [0.25, 0.3) is 0 Å². The molecule has 0 aliphatic carbocycles. The summed E-state index contributed by atoms with van der Waals surface area (Å²) in [5, 5.41) is 29.9. The second-order valence-electron chi connectivity index (χ2n) is 5.88. The molecule has 124 valence electrons.